The van der Waals surface area contributed by atoms with Crippen molar-refractivity contribution in [3.8, 4) is 12.3 Å². The van der Waals surface area contributed by atoms with Crippen molar-refractivity contribution in [2.75, 3.05) is 5.32 Å². The van der Waals surface area contributed by atoms with Crippen molar-refractivity contribution in [2.45, 2.75) is 32.2 Å². The lowest BCUT2D eigenvalue weighted by Crippen LogP contribution is -2.48. The Bertz CT molecular complexity index is 461. The van der Waals surface area contributed by atoms with Gasteiger partial charge in [-0.15, -0.1) is 6.42 Å². The monoisotopic (exact) mass is 264 g/mol. The third kappa shape index (κ3) is 3.71. The van der Waals surface area contributed by atoms with E-state index in [0.29, 0.717) is 10.8 Å². The van der Waals surface area contributed by atoms with Crippen LogP contribution in [0.15, 0.2) is 24.3 Å². The Labute approximate surface area is 113 Å². The van der Waals surface area contributed by atoms with E-state index in [4.69, 9.17) is 18.6 Å². The summed E-state index contributed by atoms with van der Waals surface area (Å²) in [7, 11) is 0. The van der Waals surface area contributed by atoms with Crippen LogP contribution < -0.4 is 10.6 Å². The molecule has 0 aromatic heterocycles. The fourth-order valence-electron chi connectivity index (χ4n) is 1.61. The van der Waals surface area contributed by atoms with Crippen LogP contribution in [-0.2, 0) is 0 Å². The van der Waals surface area contributed by atoms with Crippen LogP contribution in [-0.4, -0.2) is 10.7 Å². The number of hydrogen-bond acceptors (Lipinski definition) is 1. The molecule has 0 bridgehead atoms. The molecule has 0 unspecified atom stereocenters. The van der Waals surface area contributed by atoms with Crippen molar-refractivity contribution in [2.24, 2.45) is 0 Å². The maximum atomic E-state index is 13.0. The zero-order chi connectivity index (χ0) is 13.6. The van der Waals surface area contributed by atoms with Crippen LogP contribution in [0.4, 0.5) is 10.1 Å². The summed E-state index contributed by atoms with van der Waals surface area (Å²) in [4.78, 5) is 0. The first-order valence-electron chi connectivity index (χ1n) is 5.87. The summed E-state index contributed by atoms with van der Waals surface area (Å²) in [5, 5.41) is 6.44. The van der Waals surface area contributed by atoms with Gasteiger partial charge >= 0.3 is 0 Å². The van der Waals surface area contributed by atoms with Gasteiger partial charge < -0.3 is 10.6 Å². The van der Waals surface area contributed by atoms with Crippen LogP contribution in [0.25, 0.3) is 0 Å². The molecule has 0 fully saturated rings. The molecule has 18 heavy (non-hydrogen) atoms. The molecule has 0 radical (unpaired) electrons. The highest BCUT2D eigenvalue weighted by molar-refractivity contribution is 7.80. The van der Waals surface area contributed by atoms with Crippen molar-refractivity contribution in [3.05, 3.63) is 30.1 Å². The molecule has 0 heterocycles. The van der Waals surface area contributed by atoms with Gasteiger partial charge in [0, 0.05) is 5.69 Å². The number of rotatable bonds is 4. The molecule has 1 rings (SSSR count). The number of benzene rings is 1. The molecule has 1 aromatic rings. The smallest absolute Gasteiger partial charge is 0.171 e. The van der Waals surface area contributed by atoms with Gasteiger partial charge in [-0.1, -0.05) is 25.8 Å². The van der Waals surface area contributed by atoms with E-state index in [1.165, 1.54) is 12.1 Å². The Hall–Kier alpha value is -1.60. The van der Waals surface area contributed by atoms with Crippen molar-refractivity contribution in [3.63, 3.8) is 0 Å². The van der Waals surface area contributed by atoms with E-state index in [-0.39, 0.29) is 5.82 Å². The van der Waals surface area contributed by atoms with Crippen LogP contribution in [0.1, 0.15) is 26.7 Å². The molecular formula is C14H17FN2S. The summed E-state index contributed by atoms with van der Waals surface area (Å²) >= 11 is 5.19. The number of anilines is 1. The Morgan fingerprint density at radius 2 is 2.11 bits per heavy atom. The van der Waals surface area contributed by atoms with Crippen LogP contribution in [0.2, 0.25) is 0 Å². The Morgan fingerprint density at radius 3 is 2.61 bits per heavy atom. The lowest BCUT2D eigenvalue weighted by atomic mass is 9.94. The summed E-state index contributed by atoms with van der Waals surface area (Å²) in [6, 6.07) is 6.12. The molecule has 96 valence electrons. The van der Waals surface area contributed by atoms with E-state index in [9.17, 15) is 4.39 Å². The van der Waals surface area contributed by atoms with Gasteiger partial charge in [0.15, 0.2) is 5.11 Å². The molecule has 0 spiro atoms. The largest absolute Gasteiger partial charge is 0.346 e. The van der Waals surface area contributed by atoms with Crippen LogP contribution in [0, 0.1) is 18.2 Å². The molecule has 2 nitrogen and oxygen atoms in total. The Kier molecular flexibility index (Phi) is 5.11. The molecule has 0 aliphatic rings. The van der Waals surface area contributed by atoms with Crippen molar-refractivity contribution >= 4 is 23.0 Å². The predicted molar refractivity (Wildman–Crippen MR) is 77.9 cm³/mol. The molecule has 2 N–H and O–H groups in total. The first-order chi connectivity index (χ1) is 8.55. The van der Waals surface area contributed by atoms with Gasteiger partial charge in [-0.3, -0.25) is 0 Å². The van der Waals surface area contributed by atoms with Crippen molar-refractivity contribution in [1.29, 1.82) is 0 Å². The SMILES string of the molecule is C#CC(CC)(CC)NC(=S)Nc1cccc(F)c1. The minimum Gasteiger partial charge on any atom is -0.346 e. The number of thiocarbonyl (C=S) groups is 1. The maximum Gasteiger partial charge on any atom is 0.171 e. The lowest BCUT2D eigenvalue weighted by Gasteiger charge is -2.28. The van der Waals surface area contributed by atoms with Crippen LogP contribution >= 0.6 is 12.2 Å². The average molecular weight is 264 g/mol. The predicted octanol–water partition coefficient (Wildman–Crippen LogP) is 3.30. The third-order valence-corrected chi connectivity index (χ3v) is 3.12. The van der Waals surface area contributed by atoms with E-state index >= 15 is 0 Å². The third-order valence-electron chi connectivity index (χ3n) is 2.92. The fraction of sp³-hybridized carbons (Fsp3) is 0.357. The molecular weight excluding hydrogens is 247 g/mol. The van der Waals surface area contributed by atoms with Gasteiger partial charge in [0.05, 0.1) is 5.54 Å². The van der Waals surface area contributed by atoms with Gasteiger partial charge in [0.25, 0.3) is 0 Å². The molecule has 0 atom stereocenters. The standard InChI is InChI=1S/C14H17FN2S/c1-4-14(5-2,6-3)17-13(18)16-12-9-7-8-11(15)10-12/h1,7-10H,5-6H2,2-3H3,(H2,16,17,18). The zero-order valence-electron chi connectivity index (χ0n) is 10.6. The lowest BCUT2D eigenvalue weighted by molar-refractivity contribution is 0.461. The van der Waals surface area contributed by atoms with Gasteiger partial charge in [0.2, 0.25) is 0 Å². The summed E-state index contributed by atoms with van der Waals surface area (Å²) in [5.74, 6) is 2.42. The van der Waals surface area contributed by atoms with E-state index < -0.39 is 5.54 Å². The first kappa shape index (κ1) is 14.5. The minimum absolute atomic E-state index is 0.308. The van der Waals surface area contributed by atoms with E-state index in [1.54, 1.807) is 12.1 Å². The molecule has 1 aromatic carbocycles. The number of terminal acetylenes is 1. The zero-order valence-corrected chi connectivity index (χ0v) is 11.4. The second-order valence-electron chi connectivity index (χ2n) is 4.02. The molecule has 0 saturated heterocycles. The number of hydrogen-bond donors (Lipinski definition) is 2. The van der Waals surface area contributed by atoms with E-state index in [2.05, 4.69) is 16.6 Å². The normalized spacial score (nSPS) is 10.6. The topological polar surface area (TPSA) is 24.1 Å². The van der Waals surface area contributed by atoms with Gasteiger partial charge in [0.1, 0.15) is 5.82 Å². The number of halogens is 1. The molecule has 0 amide bonds. The second-order valence-corrected chi connectivity index (χ2v) is 4.43. The molecule has 0 saturated carbocycles. The average Bonchev–Trinajstić information content (AvgIpc) is 2.36. The summed E-state index contributed by atoms with van der Waals surface area (Å²) < 4.78 is 13.0. The highest BCUT2D eigenvalue weighted by atomic mass is 32.1. The highest BCUT2D eigenvalue weighted by Crippen LogP contribution is 2.15. The van der Waals surface area contributed by atoms with E-state index in [1.807, 2.05) is 13.8 Å². The highest BCUT2D eigenvalue weighted by Gasteiger charge is 2.23. The molecule has 0 aliphatic heterocycles. The quantitative estimate of drug-likeness (QED) is 0.644. The Balaban J connectivity index is 2.70. The summed E-state index contributed by atoms with van der Waals surface area (Å²) in [6.45, 7) is 4.00. The fourth-order valence-corrected chi connectivity index (χ4v) is 1.93. The maximum absolute atomic E-state index is 13.0. The van der Waals surface area contributed by atoms with Crippen molar-refractivity contribution < 1.29 is 4.39 Å². The van der Waals surface area contributed by atoms with Crippen molar-refractivity contribution in [1.82, 2.24) is 5.32 Å². The second kappa shape index (κ2) is 6.36. The summed E-state index contributed by atoms with van der Waals surface area (Å²) in [6.07, 6.45) is 7.07. The number of nitrogens with one attached hydrogen (secondary N) is 2. The van der Waals surface area contributed by atoms with Gasteiger partial charge in [-0.2, -0.15) is 0 Å². The van der Waals surface area contributed by atoms with Gasteiger partial charge in [-0.25, -0.2) is 4.39 Å². The van der Waals surface area contributed by atoms with E-state index in [0.717, 1.165) is 12.8 Å². The van der Waals surface area contributed by atoms with Crippen LogP contribution in [0.5, 0.6) is 0 Å². The first-order valence-corrected chi connectivity index (χ1v) is 6.28. The molecule has 0 aliphatic carbocycles. The summed E-state index contributed by atoms with van der Waals surface area (Å²) in [5.41, 5.74) is 0.155. The Morgan fingerprint density at radius 1 is 1.44 bits per heavy atom. The minimum atomic E-state index is -0.447. The van der Waals surface area contributed by atoms with Gasteiger partial charge in [-0.05, 0) is 43.3 Å². The van der Waals surface area contributed by atoms with Crippen LogP contribution in [0.3, 0.4) is 0 Å². The molecule has 4 heteroatoms.